The van der Waals surface area contributed by atoms with Crippen molar-refractivity contribution in [3.05, 3.63) is 132 Å². The molecule has 4 nitrogen and oxygen atoms in total. The fourth-order valence-electron chi connectivity index (χ4n) is 5.53. The summed E-state index contributed by atoms with van der Waals surface area (Å²) < 4.78 is 2.11. The highest BCUT2D eigenvalue weighted by molar-refractivity contribution is 6.31. The van der Waals surface area contributed by atoms with Crippen LogP contribution < -0.4 is 0 Å². The van der Waals surface area contributed by atoms with Gasteiger partial charge >= 0.3 is 0 Å². The van der Waals surface area contributed by atoms with Crippen molar-refractivity contribution in [1.82, 2.24) is 19.5 Å². The Labute approximate surface area is 235 Å². The minimum absolute atomic E-state index is 0.551. The van der Waals surface area contributed by atoms with Gasteiger partial charge in [-0.25, -0.2) is 4.98 Å². The maximum absolute atomic E-state index is 6.55. The number of benzene rings is 6. The van der Waals surface area contributed by atoms with E-state index in [1.165, 1.54) is 10.8 Å². The summed E-state index contributed by atoms with van der Waals surface area (Å²) in [5.74, 6) is 1.79. The molecule has 0 atom stereocenters. The first-order chi connectivity index (χ1) is 19.7. The molecule has 0 saturated carbocycles. The number of fused-ring (bicyclic) bond motifs is 5. The van der Waals surface area contributed by atoms with Crippen LogP contribution in [0.5, 0.6) is 0 Å². The van der Waals surface area contributed by atoms with Crippen molar-refractivity contribution >= 4 is 55.0 Å². The van der Waals surface area contributed by atoms with Crippen LogP contribution in [0.3, 0.4) is 0 Å². The number of aromatic nitrogens is 4. The maximum atomic E-state index is 6.55. The van der Waals surface area contributed by atoms with Gasteiger partial charge in [0.2, 0.25) is 5.95 Å². The van der Waals surface area contributed by atoms with Gasteiger partial charge in [-0.2, -0.15) is 9.97 Å². The molecule has 0 radical (unpaired) electrons. The van der Waals surface area contributed by atoms with Gasteiger partial charge in [0.25, 0.3) is 0 Å². The van der Waals surface area contributed by atoms with E-state index in [0.29, 0.717) is 22.6 Å². The molecule has 0 spiro atoms. The van der Waals surface area contributed by atoms with Gasteiger partial charge in [-0.05, 0) is 51.9 Å². The molecule has 2 heterocycles. The van der Waals surface area contributed by atoms with E-state index in [9.17, 15) is 0 Å². The fraction of sp³-hybridized carbons (Fsp3) is 0. The zero-order chi connectivity index (χ0) is 26.6. The van der Waals surface area contributed by atoms with E-state index in [1.807, 2.05) is 54.6 Å². The van der Waals surface area contributed by atoms with Crippen LogP contribution in [0.25, 0.3) is 72.1 Å². The first-order valence-corrected chi connectivity index (χ1v) is 13.5. The third-order valence-corrected chi connectivity index (χ3v) is 7.69. The maximum Gasteiger partial charge on any atom is 0.238 e. The highest BCUT2D eigenvalue weighted by atomic mass is 35.5. The van der Waals surface area contributed by atoms with Gasteiger partial charge in [0.1, 0.15) is 0 Å². The standard InChI is InChI=1S/C35H21ClN4/c36-28-16-17-29-30-19-25-12-6-7-13-26(25)20-31(30)40(32(29)21-28)35-38-33(23-9-2-1-3-10-23)37-34(39-35)27-15-14-22-8-4-5-11-24(22)18-27/h1-21H. The second-order valence-electron chi connectivity index (χ2n) is 9.92. The summed E-state index contributed by atoms with van der Waals surface area (Å²) in [6.07, 6.45) is 0. The molecule has 0 bridgehead atoms. The van der Waals surface area contributed by atoms with Crippen molar-refractivity contribution in [2.24, 2.45) is 0 Å². The van der Waals surface area contributed by atoms with Crippen LogP contribution in [0.1, 0.15) is 0 Å². The highest BCUT2D eigenvalue weighted by Crippen LogP contribution is 2.36. The summed E-state index contributed by atoms with van der Waals surface area (Å²) in [5, 5.41) is 7.52. The molecule has 8 rings (SSSR count). The third-order valence-electron chi connectivity index (χ3n) is 7.46. The smallest absolute Gasteiger partial charge is 0.238 e. The SMILES string of the molecule is Clc1ccc2c3cc4ccccc4cc3n(-c3nc(-c4ccccc4)nc(-c4ccc5ccccc5c4)n3)c2c1. The van der Waals surface area contributed by atoms with E-state index >= 15 is 0 Å². The van der Waals surface area contributed by atoms with Gasteiger partial charge in [-0.1, -0.05) is 109 Å². The van der Waals surface area contributed by atoms with E-state index in [-0.39, 0.29) is 0 Å². The normalized spacial score (nSPS) is 11.6. The summed E-state index contributed by atoms with van der Waals surface area (Å²) in [6.45, 7) is 0. The van der Waals surface area contributed by atoms with Crippen LogP contribution >= 0.6 is 11.6 Å². The lowest BCUT2D eigenvalue weighted by atomic mass is 10.1. The quantitative estimate of drug-likeness (QED) is 0.228. The van der Waals surface area contributed by atoms with E-state index in [0.717, 1.165) is 43.7 Å². The monoisotopic (exact) mass is 532 g/mol. The first kappa shape index (κ1) is 22.9. The van der Waals surface area contributed by atoms with Crippen molar-refractivity contribution < 1.29 is 0 Å². The number of rotatable bonds is 3. The lowest BCUT2D eigenvalue weighted by Gasteiger charge is -2.11. The second kappa shape index (κ2) is 9.01. The number of hydrogen-bond acceptors (Lipinski definition) is 3. The zero-order valence-corrected chi connectivity index (χ0v) is 22.0. The number of nitrogens with zero attached hydrogens (tertiary/aromatic N) is 4. The molecular weight excluding hydrogens is 512 g/mol. The van der Waals surface area contributed by atoms with Gasteiger partial charge in [0, 0.05) is 26.9 Å². The van der Waals surface area contributed by atoms with E-state index in [2.05, 4.69) is 77.4 Å². The summed E-state index contributed by atoms with van der Waals surface area (Å²) in [6, 6.07) is 43.6. The topological polar surface area (TPSA) is 43.6 Å². The van der Waals surface area contributed by atoms with Gasteiger partial charge in [-0.3, -0.25) is 4.57 Å². The Morgan fingerprint density at radius 2 is 1.07 bits per heavy atom. The lowest BCUT2D eigenvalue weighted by Crippen LogP contribution is -2.06. The van der Waals surface area contributed by atoms with E-state index < -0.39 is 0 Å². The molecule has 0 N–H and O–H groups in total. The molecule has 0 fully saturated rings. The molecule has 0 aliphatic rings. The number of hydrogen-bond donors (Lipinski definition) is 0. The van der Waals surface area contributed by atoms with Crippen molar-refractivity contribution in [3.8, 4) is 28.7 Å². The van der Waals surface area contributed by atoms with Crippen LogP contribution in [0, 0.1) is 0 Å². The van der Waals surface area contributed by atoms with Crippen molar-refractivity contribution in [2.45, 2.75) is 0 Å². The van der Waals surface area contributed by atoms with Crippen LogP contribution in [0.2, 0.25) is 5.02 Å². The second-order valence-corrected chi connectivity index (χ2v) is 10.4. The summed E-state index contributed by atoms with van der Waals surface area (Å²) in [4.78, 5) is 15.1. The van der Waals surface area contributed by atoms with E-state index in [4.69, 9.17) is 26.6 Å². The van der Waals surface area contributed by atoms with Gasteiger partial charge in [0.05, 0.1) is 11.0 Å². The van der Waals surface area contributed by atoms with Crippen LogP contribution in [-0.4, -0.2) is 19.5 Å². The van der Waals surface area contributed by atoms with Crippen LogP contribution in [0.4, 0.5) is 0 Å². The summed E-state index contributed by atoms with van der Waals surface area (Å²) >= 11 is 6.55. The molecule has 2 aromatic heterocycles. The van der Waals surface area contributed by atoms with Gasteiger partial charge in [-0.15, -0.1) is 0 Å². The van der Waals surface area contributed by atoms with Crippen molar-refractivity contribution in [3.63, 3.8) is 0 Å². The zero-order valence-electron chi connectivity index (χ0n) is 21.3. The largest absolute Gasteiger partial charge is 0.278 e. The molecule has 40 heavy (non-hydrogen) atoms. The molecule has 0 saturated heterocycles. The molecule has 0 amide bonds. The molecule has 6 aromatic carbocycles. The van der Waals surface area contributed by atoms with Crippen molar-refractivity contribution in [2.75, 3.05) is 0 Å². The molecule has 0 unspecified atom stereocenters. The fourth-order valence-corrected chi connectivity index (χ4v) is 5.70. The average molecular weight is 533 g/mol. The van der Waals surface area contributed by atoms with Gasteiger partial charge < -0.3 is 0 Å². The first-order valence-electron chi connectivity index (χ1n) is 13.1. The summed E-state index contributed by atoms with van der Waals surface area (Å²) in [5.41, 5.74) is 3.83. The minimum atomic E-state index is 0.551. The van der Waals surface area contributed by atoms with Crippen molar-refractivity contribution in [1.29, 1.82) is 0 Å². The lowest BCUT2D eigenvalue weighted by molar-refractivity contribution is 0.954. The third kappa shape index (κ3) is 3.73. The molecule has 8 aromatic rings. The Bertz CT molecular complexity index is 2240. The van der Waals surface area contributed by atoms with Crippen LogP contribution in [-0.2, 0) is 0 Å². The van der Waals surface area contributed by atoms with Gasteiger partial charge in [0.15, 0.2) is 11.6 Å². The highest BCUT2D eigenvalue weighted by Gasteiger charge is 2.19. The average Bonchev–Trinajstić information content (AvgIpc) is 3.32. The Kier molecular flexibility index (Phi) is 5.15. The molecule has 188 valence electrons. The Balaban J connectivity index is 1.46. The Hall–Kier alpha value is -5.06. The Morgan fingerprint density at radius 1 is 0.450 bits per heavy atom. The van der Waals surface area contributed by atoms with Crippen LogP contribution in [0.15, 0.2) is 127 Å². The molecular formula is C35H21ClN4. The minimum Gasteiger partial charge on any atom is -0.278 e. The molecule has 0 aliphatic carbocycles. The summed E-state index contributed by atoms with van der Waals surface area (Å²) in [7, 11) is 0. The molecule has 5 heteroatoms. The molecule has 0 aliphatic heterocycles. The predicted octanol–water partition coefficient (Wildman–Crippen LogP) is 9.26. The van der Waals surface area contributed by atoms with E-state index in [1.54, 1.807) is 0 Å². The predicted molar refractivity (Wildman–Crippen MR) is 165 cm³/mol. The number of halogens is 1. The Morgan fingerprint density at radius 3 is 1.85 bits per heavy atom.